The van der Waals surface area contributed by atoms with Crippen LogP contribution >= 0.6 is 0 Å². The molecule has 2 rings (SSSR count). The van der Waals surface area contributed by atoms with E-state index < -0.39 is 0 Å². The smallest absolute Gasteiger partial charge is 0.240 e. The van der Waals surface area contributed by atoms with E-state index in [2.05, 4.69) is 24.1 Å². The van der Waals surface area contributed by atoms with Crippen molar-refractivity contribution in [3.8, 4) is 0 Å². The maximum atomic E-state index is 12.7. The molecular weight excluding hydrogens is 240 g/mol. The largest absolute Gasteiger partial charge is 0.376 e. The van der Waals surface area contributed by atoms with Crippen LogP contribution in [0.25, 0.3) is 0 Å². The van der Waals surface area contributed by atoms with E-state index in [0.29, 0.717) is 0 Å². The molecule has 0 aromatic rings. The molecule has 1 amide bonds. The van der Waals surface area contributed by atoms with Crippen molar-refractivity contribution in [2.75, 3.05) is 20.2 Å². The molecule has 4 heteroatoms. The van der Waals surface area contributed by atoms with Gasteiger partial charge in [0.1, 0.15) is 0 Å². The molecule has 2 atom stereocenters. The average Bonchev–Trinajstić information content (AvgIpc) is 2.50. The fourth-order valence-electron chi connectivity index (χ4n) is 3.24. The Hall–Kier alpha value is -0.610. The molecule has 0 aromatic carbocycles. The van der Waals surface area contributed by atoms with Gasteiger partial charge in [0.25, 0.3) is 0 Å². The van der Waals surface area contributed by atoms with E-state index in [-0.39, 0.29) is 23.6 Å². The van der Waals surface area contributed by atoms with Crippen LogP contribution in [-0.4, -0.2) is 48.7 Å². The molecule has 0 aromatic heterocycles. The Kier molecular flexibility index (Phi) is 4.85. The van der Waals surface area contributed by atoms with Crippen molar-refractivity contribution in [1.29, 1.82) is 0 Å². The number of carbonyl (C=O) groups excluding carboxylic acids is 1. The summed E-state index contributed by atoms with van der Waals surface area (Å²) in [5, 5.41) is 3.17. The van der Waals surface area contributed by atoms with E-state index in [9.17, 15) is 4.79 Å². The van der Waals surface area contributed by atoms with E-state index in [0.717, 1.165) is 45.3 Å². The molecule has 2 aliphatic rings. The Labute approximate surface area is 116 Å². The molecule has 0 saturated carbocycles. The minimum absolute atomic E-state index is 0.0228. The van der Waals surface area contributed by atoms with Crippen LogP contribution in [0.3, 0.4) is 0 Å². The quantitative estimate of drug-likeness (QED) is 0.850. The summed E-state index contributed by atoms with van der Waals surface area (Å²) >= 11 is 0. The molecule has 2 aliphatic heterocycles. The zero-order valence-corrected chi connectivity index (χ0v) is 12.6. The summed E-state index contributed by atoms with van der Waals surface area (Å²) in [5.74, 6) is 0.249. The van der Waals surface area contributed by atoms with E-state index in [4.69, 9.17) is 4.74 Å². The second-order valence-corrected chi connectivity index (χ2v) is 6.48. The van der Waals surface area contributed by atoms with Crippen molar-refractivity contribution in [3.63, 3.8) is 0 Å². The molecule has 0 spiro atoms. The van der Waals surface area contributed by atoms with Gasteiger partial charge in [-0.3, -0.25) is 4.79 Å². The summed E-state index contributed by atoms with van der Waals surface area (Å²) in [5.41, 5.74) is -0.0521. The van der Waals surface area contributed by atoms with Gasteiger partial charge in [-0.15, -0.1) is 0 Å². The highest BCUT2D eigenvalue weighted by Gasteiger charge is 2.38. The second-order valence-electron chi connectivity index (χ2n) is 6.48. The van der Waals surface area contributed by atoms with Gasteiger partial charge in [0.05, 0.1) is 12.1 Å². The summed E-state index contributed by atoms with van der Waals surface area (Å²) in [6.45, 7) is 5.98. The summed E-state index contributed by atoms with van der Waals surface area (Å²) < 4.78 is 5.82. The lowest BCUT2D eigenvalue weighted by atomic mass is 9.96. The number of carbonyl (C=O) groups is 1. The molecule has 2 heterocycles. The predicted molar refractivity (Wildman–Crippen MR) is 76.1 cm³/mol. The summed E-state index contributed by atoms with van der Waals surface area (Å²) in [7, 11) is 1.89. The molecule has 19 heavy (non-hydrogen) atoms. The fraction of sp³-hybridized carbons (Fsp3) is 0.933. The molecule has 4 nitrogen and oxygen atoms in total. The van der Waals surface area contributed by atoms with Crippen molar-refractivity contribution in [2.45, 2.75) is 70.1 Å². The van der Waals surface area contributed by atoms with Gasteiger partial charge >= 0.3 is 0 Å². The first-order valence-electron chi connectivity index (χ1n) is 7.65. The highest BCUT2D eigenvalue weighted by atomic mass is 16.5. The van der Waals surface area contributed by atoms with E-state index in [1.807, 2.05) is 7.05 Å². The first kappa shape index (κ1) is 14.8. The summed E-state index contributed by atoms with van der Waals surface area (Å²) in [4.78, 5) is 14.7. The van der Waals surface area contributed by atoms with Crippen LogP contribution in [0.2, 0.25) is 0 Å². The monoisotopic (exact) mass is 268 g/mol. The number of rotatable bonds is 3. The standard InChI is InChI=1S/C15H28N2O2/c1-15(2)9-6-8-13(16-3)14(18)17(15)11-12-7-4-5-10-19-12/h12-13,16H,4-11H2,1-3H3. The minimum atomic E-state index is -0.0521. The molecule has 0 radical (unpaired) electrons. The third kappa shape index (κ3) is 3.48. The minimum Gasteiger partial charge on any atom is -0.376 e. The number of hydrogen-bond acceptors (Lipinski definition) is 3. The van der Waals surface area contributed by atoms with Crippen molar-refractivity contribution in [3.05, 3.63) is 0 Å². The van der Waals surface area contributed by atoms with Crippen LogP contribution in [-0.2, 0) is 9.53 Å². The Bertz CT molecular complexity index is 311. The van der Waals surface area contributed by atoms with Gasteiger partial charge in [0, 0.05) is 18.7 Å². The van der Waals surface area contributed by atoms with E-state index in [1.165, 1.54) is 6.42 Å². The average molecular weight is 268 g/mol. The Morgan fingerprint density at radius 3 is 2.74 bits per heavy atom. The zero-order valence-electron chi connectivity index (χ0n) is 12.6. The highest BCUT2D eigenvalue weighted by molar-refractivity contribution is 5.83. The number of likely N-dealkylation sites (tertiary alicyclic amines) is 1. The maximum absolute atomic E-state index is 12.7. The first-order valence-corrected chi connectivity index (χ1v) is 7.65. The SMILES string of the molecule is CNC1CCCC(C)(C)N(CC2CCCCO2)C1=O. The lowest BCUT2D eigenvalue weighted by Crippen LogP contribution is -2.55. The lowest BCUT2D eigenvalue weighted by Gasteiger charge is -2.41. The van der Waals surface area contributed by atoms with Gasteiger partial charge in [-0.25, -0.2) is 0 Å². The molecule has 1 N–H and O–H groups in total. The Morgan fingerprint density at radius 1 is 1.32 bits per heavy atom. The third-order valence-corrected chi connectivity index (χ3v) is 4.58. The number of nitrogens with one attached hydrogen (secondary N) is 1. The first-order chi connectivity index (χ1) is 9.04. The van der Waals surface area contributed by atoms with Gasteiger partial charge in [-0.1, -0.05) is 0 Å². The van der Waals surface area contributed by atoms with Gasteiger partial charge < -0.3 is 15.0 Å². The summed E-state index contributed by atoms with van der Waals surface area (Å²) in [6, 6.07) is -0.0228. The Balaban J connectivity index is 2.08. The third-order valence-electron chi connectivity index (χ3n) is 4.58. The van der Waals surface area contributed by atoms with Crippen LogP contribution < -0.4 is 5.32 Å². The molecule has 110 valence electrons. The molecular formula is C15H28N2O2. The van der Waals surface area contributed by atoms with Gasteiger partial charge in [0.2, 0.25) is 5.91 Å². The van der Waals surface area contributed by atoms with Crippen LogP contribution in [0, 0.1) is 0 Å². The van der Waals surface area contributed by atoms with Crippen LogP contribution in [0.1, 0.15) is 52.4 Å². The van der Waals surface area contributed by atoms with Gasteiger partial charge in [-0.2, -0.15) is 0 Å². The van der Waals surface area contributed by atoms with E-state index in [1.54, 1.807) is 0 Å². The van der Waals surface area contributed by atoms with Crippen molar-refractivity contribution >= 4 is 5.91 Å². The van der Waals surface area contributed by atoms with E-state index >= 15 is 0 Å². The number of nitrogens with zero attached hydrogens (tertiary/aromatic N) is 1. The van der Waals surface area contributed by atoms with Gasteiger partial charge in [0.15, 0.2) is 0 Å². The normalized spacial score (nSPS) is 32.2. The second kappa shape index (κ2) is 6.23. The topological polar surface area (TPSA) is 41.6 Å². The maximum Gasteiger partial charge on any atom is 0.240 e. The number of amides is 1. The number of ether oxygens (including phenoxy) is 1. The fourth-order valence-corrected chi connectivity index (χ4v) is 3.24. The molecule has 2 unspecified atom stereocenters. The zero-order chi connectivity index (χ0) is 13.9. The molecule has 2 saturated heterocycles. The number of hydrogen-bond donors (Lipinski definition) is 1. The van der Waals surface area contributed by atoms with Crippen LogP contribution in [0.5, 0.6) is 0 Å². The van der Waals surface area contributed by atoms with Crippen LogP contribution in [0.4, 0.5) is 0 Å². The lowest BCUT2D eigenvalue weighted by molar-refractivity contribution is -0.141. The summed E-state index contributed by atoms with van der Waals surface area (Å²) in [6.07, 6.45) is 6.82. The Morgan fingerprint density at radius 2 is 2.11 bits per heavy atom. The highest BCUT2D eigenvalue weighted by Crippen LogP contribution is 2.29. The molecule has 2 fully saturated rings. The van der Waals surface area contributed by atoms with Crippen molar-refractivity contribution in [1.82, 2.24) is 10.2 Å². The molecule has 0 aliphatic carbocycles. The van der Waals surface area contributed by atoms with Crippen molar-refractivity contribution in [2.24, 2.45) is 0 Å². The number of likely N-dealkylation sites (N-methyl/N-ethyl adjacent to an activating group) is 1. The molecule has 0 bridgehead atoms. The van der Waals surface area contributed by atoms with Crippen LogP contribution in [0.15, 0.2) is 0 Å². The van der Waals surface area contributed by atoms with Crippen molar-refractivity contribution < 1.29 is 9.53 Å². The predicted octanol–water partition coefficient (Wildman–Crippen LogP) is 1.93. The van der Waals surface area contributed by atoms with Gasteiger partial charge in [-0.05, 0) is 59.4 Å².